The summed E-state index contributed by atoms with van der Waals surface area (Å²) in [7, 11) is -2.46. The lowest BCUT2D eigenvalue weighted by Gasteiger charge is -2.61. The molecule has 0 radical (unpaired) electrons. The Balaban J connectivity index is 2.46. The Morgan fingerprint density at radius 1 is 0.875 bits per heavy atom. The summed E-state index contributed by atoms with van der Waals surface area (Å²) in [5.74, 6) is 0.860. The molecule has 2 fully saturated rings. The average Bonchev–Trinajstić information content (AvgIpc) is 2.46. The van der Waals surface area contributed by atoms with E-state index in [1.165, 1.54) is 44.9 Å². The Morgan fingerprint density at radius 3 is 1.75 bits per heavy atom. The van der Waals surface area contributed by atoms with Crippen LogP contribution in [0.25, 0.3) is 0 Å². The Hall–Kier alpha value is 0.0969. The molecule has 0 atom stereocenters. The average molecular weight is 356 g/mol. The predicted octanol–water partition coefficient (Wildman–Crippen LogP) is 5.62. The van der Waals surface area contributed by atoms with Crippen molar-refractivity contribution in [3.8, 4) is 0 Å². The smallest absolute Gasteiger partial charge is 0.383 e. The second-order valence-corrected chi connectivity index (χ2v) is 12.4. The second kappa shape index (κ2) is 7.77. The third-order valence-electron chi connectivity index (χ3n) is 6.33. The number of nitrogens with zero attached hydrogens (tertiary/aromatic N) is 1. The zero-order chi connectivity index (χ0) is 18.0. The summed E-state index contributed by atoms with van der Waals surface area (Å²) in [6.45, 7) is 17.9. The van der Waals surface area contributed by atoms with Crippen LogP contribution in [0.1, 0.15) is 93.4 Å². The highest BCUT2D eigenvalue weighted by Gasteiger charge is 2.61. The van der Waals surface area contributed by atoms with E-state index in [2.05, 4.69) is 53.0 Å². The van der Waals surface area contributed by atoms with Crippen molar-refractivity contribution >= 4 is 8.72 Å². The first kappa shape index (κ1) is 20.4. The van der Waals surface area contributed by atoms with E-state index < -0.39 is 8.72 Å². The summed E-state index contributed by atoms with van der Waals surface area (Å²) in [4.78, 5) is 0. The SMILES string of the molecule is CCO[Si](OCC)(C1CCC(C)CC1)N1C(C)(C)CCCC1(C)C. The van der Waals surface area contributed by atoms with E-state index in [-0.39, 0.29) is 11.1 Å². The maximum absolute atomic E-state index is 6.70. The fourth-order valence-electron chi connectivity index (χ4n) is 5.47. The Bertz CT molecular complexity index is 380. The zero-order valence-electron chi connectivity index (χ0n) is 17.3. The van der Waals surface area contributed by atoms with Gasteiger partial charge in [0.2, 0.25) is 0 Å². The van der Waals surface area contributed by atoms with Crippen molar-refractivity contribution in [2.24, 2.45) is 5.92 Å². The molecule has 0 spiro atoms. The van der Waals surface area contributed by atoms with E-state index in [9.17, 15) is 0 Å². The molecule has 2 aliphatic rings. The van der Waals surface area contributed by atoms with E-state index in [1.807, 2.05) is 0 Å². The quantitative estimate of drug-likeness (QED) is 0.577. The lowest BCUT2D eigenvalue weighted by molar-refractivity contribution is -0.0265. The number of rotatable bonds is 6. The molecule has 0 aromatic rings. The minimum Gasteiger partial charge on any atom is -0.383 e. The van der Waals surface area contributed by atoms with Gasteiger partial charge < -0.3 is 8.85 Å². The molecule has 142 valence electrons. The van der Waals surface area contributed by atoms with Gasteiger partial charge in [0.1, 0.15) is 0 Å². The molecule has 3 nitrogen and oxygen atoms in total. The van der Waals surface area contributed by atoms with Crippen LogP contribution in [-0.4, -0.2) is 37.6 Å². The molecule has 0 aromatic heterocycles. The number of hydrogen-bond donors (Lipinski definition) is 0. The van der Waals surface area contributed by atoms with Gasteiger partial charge in [0, 0.05) is 29.8 Å². The Morgan fingerprint density at radius 2 is 1.33 bits per heavy atom. The summed E-state index contributed by atoms with van der Waals surface area (Å²) < 4.78 is 16.2. The minimum absolute atomic E-state index is 0.154. The molecule has 0 amide bonds. The zero-order valence-corrected chi connectivity index (χ0v) is 18.3. The standard InChI is InChI=1S/C20H41NO2Si/c1-8-22-24(23-9-2,18-13-11-17(3)12-14-18)21-19(4,5)15-10-16-20(21,6)7/h17-18H,8-16H2,1-7H3. The fraction of sp³-hybridized carbons (Fsp3) is 1.00. The fourth-order valence-corrected chi connectivity index (χ4v) is 10.4. The molecule has 1 saturated carbocycles. The molecular weight excluding hydrogens is 314 g/mol. The molecule has 4 heteroatoms. The van der Waals surface area contributed by atoms with Crippen LogP contribution in [0.5, 0.6) is 0 Å². The van der Waals surface area contributed by atoms with Crippen molar-refractivity contribution < 1.29 is 8.85 Å². The lowest BCUT2D eigenvalue weighted by atomic mass is 9.83. The Labute approximate surface area is 151 Å². The highest BCUT2D eigenvalue weighted by Crippen LogP contribution is 2.50. The van der Waals surface area contributed by atoms with Crippen molar-refractivity contribution in [2.45, 2.75) is 110 Å². The van der Waals surface area contributed by atoms with Crippen molar-refractivity contribution in [1.29, 1.82) is 0 Å². The van der Waals surface area contributed by atoms with Gasteiger partial charge in [-0.25, -0.2) is 0 Å². The predicted molar refractivity (Wildman–Crippen MR) is 104 cm³/mol. The van der Waals surface area contributed by atoms with E-state index in [1.54, 1.807) is 0 Å². The van der Waals surface area contributed by atoms with E-state index in [0.29, 0.717) is 5.54 Å². The van der Waals surface area contributed by atoms with Gasteiger partial charge in [-0.1, -0.05) is 19.8 Å². The van der Waals surface area contributed by atoms with Crippen LogP contribution in [0.2, 0.25) is 5.54 Å². The highest BCUT2D eigenvalue weighted by molar-refractivity contribution is 6.66. The van der Waals surface area contributed by atoms with Gasteiger partial charge in [0.15, 0.2) is 0 Å². The molecule has 1 aliphatic carbocycles. The van der Waals surface area contributed by atoms with Gasteiger partial charge in [0.05, 0.1) is 0 Å². The Kier molecular flexibility index (Phi) is 6.61. The van der Waals surface area contributed by atoms with Gasteiger partial charge in [0.25, 0.3) is 0 Å². The largest absolute Gasteiger partial charge is 0.431 e. The van der Waals surface area contributed by atoms with E-state index in [0.717, 1.165) is 19.1 Å². The summed E-state index contributed by atoms with van der Waals surface area (Å²) >= 11 is 0. The molecule has 1 aliphatic heterocycles. The molecule has 0 N–H and O–H groups in total. The summed E-state index contributed by atoms with van der Waals surface area (Å²) in [6.07, 6.45) is 9.00. The maximum Gasteiger partial charge on any atom is 0.431 e. The van der Waals surface area contributed by atoms with Crippen LogP contribution in [0, 0.1) is 5.92 Å². The molecular formula is C20H41NO2Si. The molecule has 1 saturated heterocycles. The summed E-state index contributed by atoms with van der Waals surface area (Å²) in [6, 6.07) is 0. The van der Waals surface area contributed by atoms with Gasteiger partial charge in [-0.15, -0.1) is 0 Å². The molecule has 2 rings (SSSR count). The first-order valence-corrected chi connectivity index (χ1v) is 12.1. The van der Waals surface area contributed by atoms with Gasteiger partial charge in [-0.2, -0.15) is 0 Å². The monoisotopic (exact) mass is 355 g/mol. The van der Waals surface area contributed by atoms with Crippen LogP contribution in [0.3, 0.4) is 0 Å². The third-order valence-corrected chi connectivity index (χ3v) is 11.2. The highest BCUT2D eigenvalue weighted by atomic mass is 28.4. The van der Waals surface area contributed by atoms with Gasteiger partial charge >= 0.3 is 8.72 Å². The van der Waals surface area contributed by atoms with Crippen LogP contribution in [0.4, 0.5) is 0 Å². The van der Waals surface area contributed by atoms with Crippen molar-refractivity contribution in [3.63, 3.8) is 0 Å². The number of hydrogen-bond acceptors (Lipinski definition) is 3. The number of piperidine rings is 1. The molecule has 0 aromatic carbocycles. The molecule has 0 unspecified atom stereocenters. The van der Waals surface area contributed by atoms with Crippen LogP contribution >= 0.6 is 0 Å². The topological polar surface area (TPSA) is 21.7 Å². The van der Waals surface area contributed by atoms with Crippen molar-refractivity contribution in [1.82, 2.24) is 4.57 Å². The third kappa shape index (κ3) is 3.92. The van der Waals surface area contributed by atoms with Gasteiger partial charge in [-0.3, -0.25) is 4.57 Å². The first-order chi connectivity index (χ1) is 11.2. The summed E-state index contributed by atoms with van der Waals surface area (Å²) in [5.41, 5.74) is 0.910. The van der Waals surface area contributed by atoms with Crippen LogP contribution in [0.15, 0.2) is 0 Å². The maximum atomic E-state index is 6.70. The minimum atomic E-state index is -2.46. The lowest BCUT2D eigenvalue weighted by Crippen LogP contribution is -2.75. The summed E-state index contributed by atoms with van der Waals surface area (Å²) in [5, 5.41) is 0. The van der Waals surface area contributed by atoms with Crippen molar-refractivity contribution in [3.05, 3.63) is 0 Å². The van der Waals surface area contributed by atoms with Crippen LogP contribution < -0.4 is 0 Å². The molecule has 24 heavy (non-hydrogen) atoms. The molecule has 0 bridgehead atoms. The molecule has 1 heterocycles. The van der Waals surface area contributed by atoms with Gasteiger partial charge in [-0.05, 0) is 79.6 Å². The first-order valence-electron chi connectivity index (χ1n) is 10.3. The van der Waals surface area contributed by atoms with Crippen LogP contribution in [-0.2, 0) is 8.85 Å². The van der Waals surface area contributed by atoms with Crippen molar-refractivity contribution in [2.75, 3.05) is 13.2 Å². The second-order valence-electron chi connectivity index (χ2n) is 9.27. The van der Waals surface area contributed by atoms with E-state index >= 15 is 0 Å². The van der Waals surface area contributed by atoms with E-state index in [4.69, 9.17) is 8.85 Å². The normalized spacial score (nSPS) is 31.1.